The van der Waals surface area contributed by atoms with E-state index in [9.17, 15) is 20.0 Å². The fraction of sp³-hybridized carbons (Fsp3) is 0. The first-order valence-electron chi connectivity index (χ1n) is 8.98. The lowest BCUT2D eigenvalue weighted by molar-refractivity contribution is -0.384. The van der Waals surface area contributed by atoms with Crippen molar-refractivity contribution in [2.75, 3.05) is 5.01 Å². The Morgan fingerprint density at radius 1 is 1.19 bits per heavy atom. The zero-order valence-electron chi connectivity index (χ0n) is 16.2. The van der Waals surface area contributed by atoms with Crippen LogP contribution < -0.4 is 31.9 Å². The van der Waals surface area contributed by atoms with Crippen LogP contribution in [-0.4, -0.2) is 16.1 Å². The first-order valence-corrected chi connectivity index (χ1v) is 9.77. The van der Waals surface area contributed by atoms with Gasteiger partial charge >= 0.3 is 6.03 Å². The molecule has 0 saturated heterocycles. The summed E-state index contributed by atoms with van der Waals surface area (Å²) in [6.07, 6.45) is 4.68. The van der Waals surface area contributed by atoms with Gasteiger partial charge in [0.05, 0.1) is 16.3 Å². The number of anilines is 1. The first kappa shape index (κ1) is 22.6. The van der Waals surface area contributed by atoms with Gasteiger partial charge in [0.25, 0.3) is 5.69 Å². The van der Waals surface area contributed by atoms with Crippen molar-refractivity contribution >= 4 is 52.4 Å². The van der Waals surface area contributed by atoms with E-state index in [1.807, 2.05) is 0 Å². The molecule has 0 atom stereocenters. The third kappa shape index (κ3) is 5.74. The van der Waals surface area contributed by atoms with Gasteiger partial charge in [-0.2, -0.15) is 0 Å². The standard InChI is InChI=1S/C20H17ClN6O4S/c21-13-5-8-15(9-6-13)26(19(22)29)25-18(28)17-11-14(23-20(32)24-17)7-4-12-2-1-3-16(10-12)27(30)31/h1-11,25,28H,(H2,22,29)(H2,23,24,32)/p-1/b7-4+,18-17?. The highest BCUT2D eigenvalue weighted by Crippen LogP contribution is 2.18. The quantitative estimate of drug-likeness (QED) is 0.217. The van der Waals surface area contributed by atoms with E-state index in [0.717, 1.165) is 5.01 Å². The van der Waals surface area contributed by atoms with Crippen LogP contribution in [0, 0.1) is 10.1 Å². The predicted molar refractivity (Wildman–Crippen MR) is 123 cm³/mol. The zero-order chi connectivity index (χ0) is 23.3. The number of nitro groups is 1. The number of thiocarbonyl (C=S) groups is 1. The summed E-state index contributed by atoms with van der Waals surface area (Å²) in [6, 6.07) is 11.3. The molecule has 3 rings (SSSR count). The summed E-state index contributed by atoms with van der Waals surface area (Å²) in [6.45, 7) is 0. The molecule has 5 N–H and O–H groups in total. The van der Waals surface area contributed by atoms with Crippen LogP contribution >= 0.6 is 23.8 Å². The summed E-state index contributed by atoms with van der Waals surface area (Å²) < 4.78 is 0. The molecule has 0 aliphatic carbocycles. The highest BCUT2D eigenvalue weighted by atomic mass is 35.5. The second kappa shape index (κ2) is 9.81. The highest BCUT2D eigenvalue weighted by molar-refractivity contribution is 7.80. The Balaban J connectivity index is 1.85. The fourth-order valence-electron chi connectivity index (χ4n) is 2.65. The monoisotopic (exact) mass is 471 g/mol. The molecular weight excluding hydrogens is 456 g/mol. The molecule has 0 fully saturated rings. The van der Waals surface area contributed by atoms with E-state index in [1.54, 1.807) is 36.4 Å². The van der Waals surface area contributed by atoms with Gasteiger partial charge in [0.2, 0.25) is 0 Å². The molecule has 12 heteroatoms. The molecule has 164 valence electrons. The Labute approximate surface area is 192 Å². The van der Waals surface area contributed by atoms with E-state index >= 15 is 0 Å². The van der Waals surface area contributed by atoms with E-state index in [-0.39, 0.29) is 16.5 Å². The molecule has 0 aromatic heterocycles. The number of carbonyl (C=O) groups is 1. The Morgan fingerprint density at radius 3 is 2.56 bits per heavy atom. The number of allylic oxidation sites excluding steroid dienone is 2. The third-order valence-corrected chi connectivity index (χ3v) is 4.56. The topological polar surface area (TPSA) is 149 Å². The van der Waals surface area contributed by atoms with Crippen molar-refractivity contribution in [3.8, 4) is 0 Å². The smallest absolute Gasteiger partial charge is 0.338 e. The Bertz CT molecular complexity index is 1160. The second-order valence-electron chi connectivity index (χ2n) is 6.37. The molecule has 2 amide bonds. The van der Waals surface area contributed by atoms with Crippen LogP contribution in [0.2, 0.25) is 5.02 Å². The van der Waals surface area contributed by atoms with Crippen molar-refractivity contribution in [2.45, 2.75) is 0 Å². The number of amides is 2. The number of nitrogens with zero attached hydrogens (tertiary/aromatic N) is 2. The Hall–Kier alpha value is -4.09. The van der Waals surface area contributed by atoms with Crippen LogP contribution in [0.1, 0.15) is 5.56 Å². The number of nitro benzene ring substituents is 1. The largest absolute Gasteiger partial charge is 0.858 e. The van der Waals surface area contributed by atoms with E-state index in [0.29, 0.717) is 22.0 Å². The molecule has 32 heavy (non-hydrogen) atoms. The van der Waals surface area contributed by atoms with Crippen molar-refractivity contribution in [1.29, 1.82) is 0 Å². The molecule has 2 aromatic rings. The fourth-order valence-corrected chi connectivity index (χ4v) is 3.01. The van der Waals surface area contributed by atoms with E-state index in [1.165, 1.54) is 30.3 Å². The summed E-state index contributed by atoms with van der Waals surface area (Å²) in [7, 11) is 0. The summed E-state index contributed by atoms with van der Waals surface area (Å²) in [5, 5.41) is 30.7. The summed E-state index contributed by atoms with van der Waals surface area (Å²) >= 11 is 11.0. The van der Waals surface area contributed by atoms with Crippen LogP contribution in [-0.2, 0) is 0 Å². The van der Waals surface area contributed by atoms with Crippen molar-refractivity contribution < 1.29 is 14.8 Å². The number of primary amides is 1. The summed E-state index contributed by atoms with van der Waals surface area (Å²) in [4.78, 5) is 22.3. The molecule has 0 saturated carbocycles. The highest BCUT2D eigenvalue weighted by Gasteiger charge is 2.15. The van der Waals surface area contributed by atoms with Gasteiger partial charge in [0.1, 0.15) is 0 Å². The molecule has 0 bridgehead atoms. The Kier molecular flexibility index (Phi) is 6.93. The van der Waals surface area contributed by atoms with Crippen molar-refractivity contribution in [3.63, 3.8) is 0 Å². The molecular formula is C20H16ClN6O4S-. The van der Waals surface area contributed by atoms with Crippen molar-refractivity contribution in [1.82, 2.24) is 16.1 Å². The summed E-state index contributed by atoms with van der Waals surface area (Å²) in [5.41, 5.74) is 9.13. The summed E-state index contributed by atoms with van der Waals surface area (Å²) in [5.74, 6) is -0.677. The molecule has 0 radical (unpaired) electrons. The second-order valence-corrected chi connectivity index (χ2v) is 7.21. The lowest BCUT2D eigenvalue weighted by atomic mass is 10.1. The van der Waals surface area contributed by atoms with Crippen LogP contribution in [0.3, 0.4) is 0 Å². The van der Waals surface area contributed by atoms with Gasteiger partial charge in [0, 0.05) is 28.7 Å². The lowest BCUT2D eigenvalue weighted by Gasteiger charge is -2.30. The number of urea groups is 1. The minimum absolute atomic E-state index is 0.0460. The van der Waals surface area contributed by atoms with Gasteiger partial charge in [-0.05, 0) is 54.2 Å². The average Bonchev–Trinajstić information content (AvgIpc) is 2.76. The van der Waals surface area contributed by atoms with Crippen molar-refractivity contribution in [2.24, 2.45) is 5.73 Å². The minimum Gasteiger partial charge on any atom is -0.858 e. The van der Waals surface area contributed by atoms with Gasteiger partial charge in [-0.1, -0.05) is 29.8 Å². The van der Waals surface area contributed by atoms with Crippen LogP contribution in [0.4, 0.5) is 16.2 Å². The van der Waals surface area contributed by atoms with E-state index in [4.69, 9.17) is 29.6 Å². The van der Waals surface area contributed by atoms with Gasteiger partial charge in [-0.15, -0.1) is 0 Å². The van der Waals surface area contributed by atoms with Crippen LogP contribution in [0.5, 0.6) is 0 Å². The number of rotatable bonds is 6. The molecule has 0 unspecified atom stereocenters. The molecule has 2 aromatic carbocycles. The normalized spacial score (nSPS) is 14.8. The van der Waals surface area contributed by atoms with E-state index < -0.39 is 16.8 Å². The van der Waals surface area contributed by atoms with Crippen LogP contribution in [0.15, 0.2) is 78.0 Å². The van der Waals surface area contributed by atoms with Gasteiger partial charge < -0.3 is 26.9 Å². The number of nitrogens with two attached hydrogens (primary N) is 1. The van der Waals surface area contributed by atoms with Gasteiger partial charge in [-0.3, -0.25) is 10.1 Å². The maximum atomic E-state index is 12.7. The number of nitrogens with one attached hydrogen (secondary N) is 3. The third-order valence-electron chi connectivity index (χ3n) is 4.11. The van der Waals surface area contributed by atoms with Crippen LogP contribution in [0.25, 0.3) is 6.08 Å². The maximum absolute atomic E-state index is 12.7. The number of carbonyl (C=O) groups excluding carboxylic acids is 1. The Morgan fingerprint density at radius 2 is 1.91 bits per heavy atom. The average molecular weight is 472 g/mol. The molecule has 0 spiro atoms. The number of hydrazine groups is 1. The SMILES string of the molecule is NC(=O)N(NC([O-])=C1C=C(/C=C/c2cccc([N+](=O)[O-])c2)NC(=S)N1)c1ccc(Cl)cc1. The molecule has 1 aliphatic rings. The number of non-ortho nitro benzene ring substituents is 1. The molecule has 1 heterocycles. The number of benzene rings is 2. The number of hydrogen-bond acceptors (Lipinski definition) is 6. The van der Waals surface area contributed by atoms with E-state index in [2.05, 4.69) is 16.1 Å². The number of hydrogen-bond donors (Lipinski definition) is 4. The number of halogens is 1. The predicted octanol–water partition coefficient (Wildman–Crippen LogP) is 2.24. The molecule has 10 nitrogen and oxygen atoms in total. The van der Waals surface area contributed by atoms with Crippen molar-refractivity contribution in [3.05, 3.63) is 98.7 Å². The lowest BCUT2D eigenvalue weighted by Crippen LogP contribution is -2.50. The van der Waals surface area contributed by atoms with Gasteiger partial charge in [-0.25, -0.2) is 9.80 Å². The minimum atomic E-state index is -0.910. The molecule has 1 aliphatic heterocycles. The zero-order valence-corrected chi connectivity index (χ0v) is 17.8. The maximum Gasteiger partial charge on any atom is 0.338 e. The first-order chi connectivity index (χ1) is 15.2. The van der Waals surface area contributed by atoms with Gasteiger partial charge in [0.15, 0.2) is 5.11 Å².